The van der Waals surface area contributed by atoms with Crippen LogP contribution in [0.15, 0.2) is 24.3 Å². The third kappa shape index (κ3) is 12.6. The van der Waals surface area contributed by atoms with Gasteiger partial charge in [0.15, 0.2) is 5.78 Å². The molecule has 0 aliphatic rings. The predicted molar refractivity (Wildman–Crippen MR) is 94.9 cm³/mol. The first-order valence-corrected chi connectivity index (χ1v) is 10.5. The summed E-state index contributed by atoms with van der Waals surface area (Å²) in [7, 11) is -10.3. The molecule has 0 saturated heterocycles. The molecule has 0 spiro atoms. The zero-order valence-electron chi connectivity index (χ0n) is 15.6. The first-order valence-electron chi connectivity index (χ1n) is 7.92. The molecule has 0 unspecified atom stereocenters. The standard InChI is InChI=1S/C15H22FNO4S.F2O3S/c1-10(2)15(18)14(17-11(3)4)9-12-5-7-13(8-6-12)21-22(16,19)20;1-5-6(2,3)4/h5-8,10-11,14,17H,9H2,1-4H3;/t14-;/m0./s1. The highest BCUT2D eigenvalue weighted by Gasteiger charge is 2.22. The molecule has 0 aliphatic heterocycles. The Morgan fingerprint density at radius 1 is 1.00 bits per heavy atom. The molecule has 1 N–H and O–H groups in total. The molecule has 0 aliphatic carbocycles. The van der Waals surface area contributed by atoms with Gasteiger partial charge < -0.3 is 9.50 Å². The minimum atomic E-state index is -5.33. The van der Waals surface area contributed by atoms with E-state index >= 15 is 0 Å². The molecule has 1 aromatic carbocycles. The van der Waals surface area contributed by atoms with Gasteiger partial charge in [0.1, 0.15) is 5.75 Å². The Morgan fingerprint density at radius 2 is 1.46 bits per heavy atom. The molecular weight excluding hydrogens is 427 g/mol. The number of ketones is 1. The third-order valence-electron chi connectivity index (χ3n) is 3.08. The summed E-state index contributed by atoms with van der Waals surface area (Å²) >= 11 is 0. The molecule has 162 valence electrons. The Bertz CT molecular complexity index is 826. The molecule has 28 heavy (non-hydrogen) atoms. The van der Waals surface area contributed by atoms with E-state index in [0.717, 1.165) is 5.56 Å². The number of hydrogen-bond donors (Lipinski definition) is 1. The van der Waals surface area contributed by atoms with Gasteiger partial charge in [-0.05, 0) is 33.0 Å². The topological polar surface area (TPSA) is 116 Å². The van der Waals surface area contributed by atoms with Gasteiger partial charge in [0, 0.05) is 12.0 Å². The Labute approximate surface area is 162 Å². The van der Waals surface area contributed by atoms with E-state index in [9.17, 15) is 25.5 Å². The number of nitrogens with one attached hydrogen (secondary N) is 1. The predicted octanol–water partition coefficient (Wildman–Crippen LogP) is 2.52. The zero-order chi connectivity index (χ0) is 22.1. The van der Waals surface area contributed by atoms with Crippen LogP contribution in [-0.2, 0) is 36.6 Å². The van der Waals surface area contributed by atoms with Crippen molar-refractivity contribution in [2.45, 2.75) is 46.2 Å². The molecule has 0 heterocycles. The first-order chi connectivity index (χ1) is 12.6. The van der Waals surface area contributed by atoms with Gasteiger partial charge in [-0.3, -0.25) is 4.79 Å². The van der Waals surface area contributed by atoms with Gasteiger partial charge in [-0.15, -0.1) is 0 Å². The van der Waals surface area contributed by atoms with E-state index in [4.69, 9.17) is 8.42 Å². The van der Waals surface area contributed by atoms with Crippen LogP contribution in [0.5, 0.6) is 5.75 Å². The molecule has 0 bridgehead atoms. The van der Waals surface area contributed by atoms with Crippen molar-refractivity contribution in [3.63, 3.8) is 0 Å². The van der Waals surface area contributed by atoms with Crippen LogP contribution in [0.25, 0.3) is 0 Å². The van der Waals surface area contributed by atoms with Crippen LogP contribution < -0.4 is 9.50 Å². The summed E-state index contributed by atoms with van der Waals surface area (Å²) in [5.74, 6) is -0.0781. The van der Waals surface area contributed by atoms with Gasteiger partial charge in [-0.1, -0.05) is 47.6 Å². The van der Waals surface area contributed by atoms with Gasteiger partial charge in [0.25, 0.3) is 0 Å². The largest absolute Gasteiger partial charge is 0.488 e. The Kier molecular flexibility index (Phi) is 10.6. The minimum absolute atomic E-state index is 0.0875. The van der Waals surface area contributed by atoms with Crippen LogP contribution in [0.3, 0.4) is 0 Å². The summed E-state index contributed by atoms with van der Waals surface area (Å²) in [6, 6.07) is 5.78. The van der Waals surface area contributed by atoms with E-state index in [1.165, 1.54) is 12.1 Å². The summed E-state index contributed by atoms with van der Waals surface area (Å²) in [5.41, 5.74) is 0.829. The third-order valence-corrected chi connectivity index (χ3v) is 3.62. The second-order valence-electron chi connectivity index (χ2n) is 6.21. The normalized spacial score (nSPS) is 13.0. The summed E-state index contributed by atoms with van der Waals surface area (Å²) < 4.78 is 77.1. The van der Waals surface area contributed by atoms with Crippen molar-refractivity contribution in [2.75, 3.05) is 0 Å². The van der Waals surface area contributed by atoms with Crippen LogP contribution in [0.1, 0.15) is 33.3 Å². The zero-order valence-corrected chi connectivity index (χ0v) is 17.2. The number of Topliss-reactive ketones (excluding diaryl/α,β-unsaturated/α-hetero) is 1. The van der Waals surface area contributed by atoms with Crippen molar-refractivity contribution in [1.29, 1.82) is 0 Å². The van der Waals surface area contributed by atoms with Crippen LogP contribution >= 0.6 is 0 Å². The van der Waals surface area contributed by atoms with Crippen molar-refractivity contribution < 1.29 is 42.5 Å². The SMILES string of the molecule is CC(C)N[C@@H](Cc1ccc(OS(=O)(=O)F)cc1)C(=O)C(C)C.O=S(=O)(F)OF. The smallest absolute Gasteiger partial charge is 0.358 e. The number of benzene rings is 1. The highest BCUT2D eigenvalue weighted by Crippen LogP contribution is 2.17. The Morgan fingerprint density at radius 3 is 1.79 bits per heavy atom. The summed E-state index contributed by atoms with van der Waals surface area (Å²) in [4.78, 5) is 12.2. The van der Waals surface area contributed by atoms with Gasteiger partial charge in [0.2, 0.25) is 0 Å². The maximum atomic E-state index is 12.4. The molecule has 0 saturated carbocycles. The average Bonchev–Trinajstić information content (AvgIpc) is 2.53. The summed E-state index contributed by atoms with van der Waals surface area (Å²) in [6.45, 7) is 7.62. The second-order valence-corrected chi connectivity index (χ2v) is 8.08. The van der Waals surface area contributed by atoms with Crippen molar-refractivity contribution >= 4 is 26.8 Å². The number of rotatable bonds is 9. The first kappa shape index (κ1) is 26.3. The minimum Gasteiger partial charge on any atom is -0.358 e. The van der Waals surface area contributed by atoms with E-state index in [1.807, 2.05) is 27.7 Å². The lowest BCUT2D eigenvalue weighted by Gasteiger charge is -2.22. The highest BCUT2D eigenvalue weighted by atomic mass is 32.3. The maximum absolute atomic E-state index is 12.4. The quantitative estimate of drug-likeness (QED) is 0.572. The molecule has 8 nitrogen and oxygen atoms in total. The molecule has 0 aromatic heterocycles. The van der Waals surface area contributed by atoms with Gasteiger partial charge >= 0.3 is 21.0 Å². The van der Waals surface area contributed by atoms with Crippen LogP contribution in [-0.4, -0.2) is 34.7 Å². The molecule has 13 heteroatoms. The second kappa shape index (κ2) is 11.3. The van der Waals surface area contributed by atoms with Crippen molar-refractivity contribution in [3.05, 3.63) is 29.8 Å². The van der Waals surface area contributed by atoms with Gasteiger partial charge in [-0.25, -0.2) is 0 Å². The highest BCUT2D eigenvalue weighted by molar-refractivity contribution is 7.81. The van der Waals surface area contributed by atoms with E-state index in [-0.39, 0.29) is 29.5 Å². The molecule has 0 amide bonds. The number of carbonyl (C=O) groups excluding carboxylic acids is 1. The lowest BCUT2D eigenvalue weighted by Crippen LogP contribution is -2.44. The van der Waals surface area contributed by atoms with E-state index in [1.54, 1.807) is 16.5 Å². The fourth-order valence-corrected chi connectivity index (χ4v) is 2.42. The van der Waals surface area contributed by atoms with Crippen molar-refractivity contribution in [2.24, 2.45) is 5.92 Å². The van der Waals surface area contributed by atoms with Crippen LogP contribution in [0.4, 0.5) is 12.3 Å². The van der Waals surface area contributed by atoms with E-state index in [0.29, 0.717) is 6.42 Å². The lowest BCUT2D eigenvalue weighted by molar-refractivity contribution is -0.124. The number of hydrogen-bond acceptors (Lipinski definition) is 8. The molecule has 0 fully saturated rings. The molecule has 1 aromatic rings. The van der Waals surface area contributed by atoms with Crippen LogP contribution in [0, 0.1) is 5.92 Å². The lowest BCUT2D eigenvalue weighted by atomic mass is 9.95. The number of halogens is 3. The molecule has 1 rings (SSSR count). The van der Waals surface area contributed by atoms with Gasteiger partial charge in [0.05, 0.1) is 6.04 Å². The maximum Gasteiger partial charge on any atom is 0.488 e. The van der Waals surface area contributed by atoms with Gasteiger partial charge in [-0.2, -0.15) is 16.8 Å². The Hall–Kier alpha value is -1.70. The Balaban J connectivity index is 0.00000105. The fraction of sp³-hybridized carbons (Fsp3) is 0.533. The molecule has 1 atom stereocenters. The van der Waals surface area contributed by atoms with E-state index < -0.39 is 21.0 Å². The van der Waals surface area contributed by atoms with Crippen LogP contribution in [0.2, 0.25) is 0 Å². The molecule has 0 radical (unpaired) electrons. The fourth-order valence-electron chi connectivity index (χ4n) is 2.08. The van der Waals surface area contributed by atoms with E-state index in [2.05, 4.69) is 9.50 Å². The summed E-state index contributed by atoms with van der Waals surface area (Å²) in [6.07, 6.45) is 0.470. The monoisotopic (exact) mass is 449 g/mol. The van der Waals surface area contributed by atoms with Crippen molar-refractivity contribution in [3.8, 4) is 5.75 Å². The summed E-state index contributed by atoms with van der Waals surface area (Å²) in [5, 5.41) is 3.23. The number of carbonyl (C=O) groups is 1. The average molecular weight is 449 g/mol. The molecular formula is C15H22F3NO7S2. The van der Waals surface area contributed by atoms with Crippen molar-refractivity contribution in [1.82, 2.24) is 5.32 Å².